The van der Waals surface area contributed by atoms with Crippen molar-refractivity contribution < 1.29 is 18.0 Å². The number of hydrogen-bond donors (Lipinski definition) is 1. The number of nitrogens with zero attached hydrogens (tertiary/aromatic N) is 2. The maximum absolute atomic E-state index is 11.7. The highest BCUT2D eigenvalue weighted by atomic mass is 32.2. The van der Waals surface area contributed by atoms with Gasteiger partial charge in [0.05, 0.1) is 6.42 Å². The third kappa shape index (κ3) is 3.84. The Hall–Kier alpha value is -1.35. The molecule has 0 aliphatic rings. The molecule has 0 bridgehead atoms. The van der Waals surface area contributed by atoms with E-state index in [4.69, 9.17) is 0 Å². The average molecular weight is 291 g/mol. The van der Waals surface area contributed by atoms with Crippen molar-refractivity contribution >= 4 is 33.1 Å². The van der Waals surface area contributed by atoms with Gasteiger partial charge in [-0.25, -0.2) is 4.72 Å². The van der Waals surface area contributed by atoms with E-state index in [9.17, 15) is 18.0 Å². The van der Waals surface area contributed by atoms with E-state index in [1.54, 1.807) is 13.8 Å². The lowest BCUT2D eigenvalue weighted by Gasteiger charge is -2.05. The number of ketones is 1. The van der Waals surface area contributed by atoms with Crippen LogP contribution in [0.4, 0.5) is 0 Å². The second-order valence-corrected chi connectivity index (χ2v) is 6.88. The van der Waals surface area contributed by atoms with Crippen LogP contribution in [0.15, 0.2) is 4.34 Å². The predicted octanol–water partition coefficient (Wildman–Crippen LogP) is 0.130. The number of hydrogen-bond acceptors (Lipinski definition) is 7. The minimum Gasteiger partial charge on any atom is -0.300 e. The Kier molecular flexibility index (Phi) is 4.52. The Bertz CT molecular complexity index is 562. The second kappa shape index (κ2) is 5.53. The van der Waals surface area contributed by atoms with Gasteiger partial charge in [-0.05, 0) is 6.92 Å². The lowest BCUT2D eigenvalue weighted by molar-refractivity contribution is -0.122. The first-order valence-electron chi connectivity index (χ1n) is 5.11. The van der Waals surface area contributed by atoms with Gasteiger partial charge < -0.3 is 0 Å². The highest BCUT2D eigenvalue weighted by molar-refractivity contribution is 7.92. The average Bonchev–Trinajstić information content (AvgIpc) is 2.64. The molecule has 0 saturated carbocycles. The SMILES string of the molecule is CC(=O)Cc1nnc(S(=O)(=O)NC(=O)C(C)C)s1. The van der Waals surface area contributed by atoms with Crippen LogP contribution in [-0.2, 0) is 26.0 Å². The molecule has 1 N–H and O–H groups in total. The summed E-state index contributed by atoms with van der Waals surface area (Å²) >= 11 is 0.776. The molecule has 1 rings (SSSR count). The van der Waals surface area contributed by atoms with E-state index in [0.29, 0.717) is 5.01 Å². The van der Waals surface area contributed by atoms with Gasteiger partial charge in [-0.3, -0.25) is 9.59 Å². The van der Waals surface area contributed by atoms with Gasteiger partial charge in [0.25, 0.3) is 14.4 Å². The minimum absolute atomic E-state index is 0.0330. The molecule has 0 unspecified atom stereocenters. The van der Waals surface area contributed by atoms with E-state index in [1.807, 2.05) is 4.72 Å². The number of Topliss-reactive ketones (excluding diaryl/α,β-unsaturated/α-hetero) is 1. The summed E-state index contributed by atoms with van der Waals surface area (Å²) in [6, 6.07) is 0. The normalized spacial score (nSPS) is 11.6. The Morgan fingerprint density at radius 3 is 2.44 bits per heavy atom. The van der Waals surface area contributed by atoms with Crippen LogP contribution in [0.2, 0.25) is 0 Å². The Morgan fingerprint density at radius 1 is 1.33 bits per heavy atom. The van der Waals surface area contributed by atoms with Gasteiger partial charge in [-0.2, -0.15) is 8.42 Å². The molecule has 0 saturated heterocycles. The number of carbonyl (C=O) groups is 2. The number of carbonyl (C=O) groups excluding carboxylic acids is 2. The summed E-state index contributed by atoms with van der Waals surface area (Å²) in [6.45, 7) is 4.52. The molecule has 7 nitrogen and oxygen atoms in total. The van der Waals surface area contributed by atoms with E-state index in [0.717, 1.165) is 11.3 Å². The molecule has 0 aliphatic heterocycles. The fourth-order valence-corrected chi connectivity index (χ4v) is 3.15. The van der Waals surface area contributed by atoms with Crippen molar-refractivity contribution in [2.24, 2.45) is 5.92 Å². The molecule has 100 valence electrons. The maximum atomic E-state index is 11.7. The largest absolute Gasteiger partial charge is 0.300 e. The molecule has 0 atom stereocenters. The second-order valence-electron chi connectivity index (χ2n) is 3.96. The zero-order valence-corrected chi connectivity index (χ0v) is 11.8. The summed E-state index contributed by atoms with van der Waals surface area (Å²) in [6.07, 6.45) is 0.0330. The van der Waals surface area contributed by atoms with Crippen LogP contribution >= 0.6 is 11.3 Å². The highest BCUT2D eigenvalue weighted by Crippen LogP contribution is 2.16. The molecule has 1 aromatic heterocycles. The van der Waals surface area contributed by atoms with Gasteiger partial charge in [0.2, 0.25) is 5.91 Å². The monoisotopic (exact) mass is 291 g/mol. The number of nitrogens with one attached hydrogen (secondary N) is 1. The fourth-order valence-electron chi connectivity index (χ4n) is 0.925. The third-order valence-electron chi connectivity index (χ3n) is 1.84. The predicted molar refractivity (Wildman–Crippen MR) is 64.5 cm³/mol. The van der Waals surface area contributed by atoms with Gasteiger partial charge in [0, 0.05) is 5.92 Å². The highest BCUT2D eigenvalue weighted by Gasteiger charge is 2.24. The summed E-state index contributed by atoms with van der Waals surface area (Å²) in [4.78, 5) is 22.2. The molecule has 1 aromatic rings. The lowest BCUT2D eigenvalue weighted by Crippen LogP contribution is -2.33. The van der Waals surface area contributed by atoms with Crippen molar-refractivity contribution in [2.45, 2.75) is 31.5 Å². The van der Waals surface area contributed by atoms with Crippen LogP contribution in [0.1, 0.15) is 25.8 Å². The molecule has 18 heavy (non-hydrogen) atoms. The summed E-state index contributed by atoms with van der Waals surface area (Å²) < 4.78 is 25.1. The lowest BCUT2D eigenvalue weighted by atomic mass is 10.2. The molecule has 0 aliphatic carbocycles. The quantitative estimate of drug-likeness (QED) is 0.826. The van der Waals surface area contributed by atoms with Crippen molar-refractivity contribution in [1.29, 1.82) is 0 Å². The van der Waals surface area contributed by atoms with Crippen molar-refractivity contribution in [2.75, 3.05) is 0 Å². The van der Waals surface area contributed by atoms with Crippen LogP contribution in [-0.4, -0.2) is 30.3 Å². The van der Waals surface area contributed by atoms with E-state index in [2.05, 4.69) is 10.2 Å². The molecule has 0 fully saturated rings. The van der Waals surface area contributed by atoms with Gasteiger partial charge in [0.15, 0.2) is 0 Å². The van der Waals surface area contributed by atoms with Crippen molar-refractivity contribution in [3.8, 4) is 0 Å². The Balaban J connectivity index is 2.89. The van der Waals surface area contributed by atoms with Gasteiger partial charge in [0.1, 0.15) is 10.8 Å². The topological polar surface area (TPSA) is 106 Å². The minimum atomic E-state index is -3.99. The van der Waals surface area contributed by atoms with Gasteiger partial charge in [-0.1, -0.05) is 25.2 Å². The Morgan fingerprint density at radius 2 is 1.94 bits per heavy atom. The molecule has 0 radical (unpaired) electrons. The van der Waals surface area contributed by atoms with Crippen LogP contribution in [0, 0.1) is 5.92 Å². The molecular formula is C9H13N3O4S2. The summed E-state index contributed by atoms with van der Waals surface area (Å²) in [7, 11) is -3.99. The zero-order valence-electron chi connectivity index (χ0n) is 10.1. The van der Waals surface area contributed by atoms with Gasteiger partial charge in [-0.15, -0.1) is 10.2 Å². The number of sulfonamides is 1. The van der Waals surface area contributed by atoms with Crippen molar-refractivity contribution in [3.05, 3.63) is 5.01 Å². The van der Waals surface area contributed by atoms with Crippen LogP contribution in [0.5, 0.6) is 0 Å². The molecule has 1 amide bonds. The standard InChI is InChI=1S/C9H13N3O4S2/c1-5(2)8(14)12-18(15,16)9-11-10-7(17-9)4-6(3)13/h5H,4H2,1-3H3,(H,12,14). The van der Waals surface area contributed by atoms with E-state index < -0.39 is 21.8 Å². The molecule has 9 heteroatoms. The van der Waals surface area contributed by atoms with E-state index >= 15 is 0 Å². The van der Waals surface area contributed by atoms with Gasteiger partial charge >= 0.3 is 0 Å². The van der Waals surface area contributed by atoms with Crippen LogP contribution < -0.4 is 4.72 Å². The third-order valence-corrected chi connectivity index (χ3v) is 4.48. The smallest absolute Gasteiger partial charge is 0.293 e. The number of aromatic nitrogens is 2. The molecule has 0 aromatic carbocycles. The first-order valence-corrected chi connectivity index (χ1v) is 7.41. The van der Waals surface area contributed by atoms with Crippen LogP contribution in [0.3, 0.4) is 0 Å². The first-order chi connectivity index (χ1) is 8.22. The first kappa shape index (κ1) is 14.7. The van der Waals surface area contributed by atoms with E-state index in [-0.39, 0.29) is 16.5 Å². The molecule has 0 spiro atoms. The maximum Gasteiger partial charge on any atom is 0.293 e. The summed E-state index contributed by atoms with van der Waals surface area (Å²) in [5.41, 5.74) is 0. The van der Waals surface area contributed by atoms with Crippen LogP contribution in [0.25, 0.3) is 0 Å². The number of rotatable bonds is 5. The Labute approximate surface area is 109 Å². The van der Waals surface area contributed by atoms with Crippen molar-refractivity contribution in [3.63, 3.8) is 0 Å². The van der Waals surface area contributed by atoms with Crippen molar-refractivity contribution in [1.82, 2.24) is 14.9 Å². The zero-order chi connectivity index (χ0) is 13.9. The fraction of sp³-hybridized carbons (Fsp3) is 0.556. The molecular weight excluding hydrogens is 278 g/mol. The summed E-state index contributed by atoms with van der Waals surface area (Å²) in [5, 5.41) is 7.36. The number of amides is 1. The molecule has 1 heterocycles. The summed E-state index contributed by atoms with van der Waals surface area (Å²) in [5.74, 6) is -1.20. The van der Waals surface area contributed by atoms with E-state index in [1.165, 1.54) is 6.92 Å².